The minimum Gasteiger partial charge on any atom is -0.323 e. The number of sulfonamides is 1. The summed E-state index contributed by atoms with van der Waals surface area (Å²) in [5, 5.41) is 13.8. The van der Waals surface area contributed by atoms with Gasteiger partial charge in [-0.2, -0.15) is 4.31 Å². The van der Waals surface area contributed by atoms with Crippen molar-refractivity contribution in [2.24, 2.45) is 0 Å². The Morgan fingerprint density at radius 1 is 1.12 bits per heavy atom. The van der Waals surface area contributed by atoms with E-state index in [9.17, 15) is 23.3 Å². The Labute approximate surface area is 192 Å². The van der Waals surface area contributed by atoms with E-state index in [1.165, 1.54) is 22.5 Å². The van der Waals surface area contributed by atoms with Crippen molar-refractivity contribution in [3.05, 3.63) is 63.2 Å². The normalized spacial score (nSPS) is 16.8. The number of nitrogens with zero attached hydrogens (tertiary/aromatic N) is 3. The first-order chi connectivity index (χ1) is 15.1. The van der Waals surface area contributed by atoms with Crippen LogP contribution in [0, 0.1) is 17.0 Å². The van der Waals surface area contributed by atoms with Crippen LogP contribution in [0.2, 0.25) is 5.02 Å². The maximum Gasteiger partial charge on any atom is 0.271 e. The van der Waals surface area contributed by atoms with Gasteiger partial charge in [0.25, 0.3) is 5.69 Å². The number of hydrogen-bond acceptors (Lipinski definition) is 6. The third-order valence-corrected chi connectivity index (χ3v) is 7.74. The zero-order chi connectivity index (χ0) is 23.5. The van der Waals surface area contributed by atoms with Gasteiger partial charge in [0.15, 0.2) is 0 Å². The van der Waals surface area contributed by atoms with E-state index in [1.54, 1.807) is 31.2 Å². The molecule has 0 saturated carbocycles. The van der Waals surface area contributed by atoms with Crippen LogP contribution in [0.3, 0.4) is 0 Å². The Morgan fingerprint density at radius 3 is 2.47 bits per heavy atom. The zero-order valence-corrected chi connectivity index (χ0v) is 19.4. The molecule has 172 valence electrons. The van der Waals surface area contributed by atoms with Gasteiger partial charge in [-0.15, -0.1) is 0 Å². The fraction of sp³-hybridized carbons (Fsp3) is 0.381. The number of nitrogens with one attached hydrogen (secondary N) is 1. The second-order valence-corrected chi connectivity index (χ2v) is 10.0. The Kier molecular flexibility index (Phi) is 7.50. The number of nitro benzene ring substituents is 1. The van der Waals surface area contributed by atoms with Crippen molar-refractivity contribution >= 4 is 38.9 Å². The van der Waals surface area contributed by atoms with Gasteiger partial charge in [-0.1, -0.05) is 29.3 Å². The van der Waals surface area contributed by atoms with Crippen LogP contribution in [0.4, 0.5) is 11.4 Å². The molecule has 2 aromatic carbocycles. The van der Waals surface area contributed by atoms with Crippen LogP contribution in [0.1, 0.15) is 18.9 Å². The molecular formula is C21H25ClN4O5S. The van der Waals surface area contributed by atoms with E-state index >= 15 is 0 Å². The lowest BCUT2D eigenvalue weighted by atomic mass is 10.2. The molecule has 32 heavy (non-hydrogen) atoms. The van der Waals surface area contributed by atoms with Gasteiger partial charge in [0.1, 0.15) is 0 Å². The van der Waals surface area contributed by atoms with E-state index in [4.69, 9.17) is 11.6 Å². The lowest BCUT2D eigenvalue weighted by Crippen LogP contribution is -2.44. The van der Waals surface area contributed by atoms with E-state index in [2.05, 4.69) is 5.32 Å². The number of anilines is 1. The molecular weight excluding hydrogens is 456 g/mol. The predicted molar refractivity (Wildman–Crippen MR) is 122 cm³/mol. The molecule has 1 aliphatic heterocycles. The average Bonchev–Trinajstić information content (AvgIpc) is 3.01. The van der Waals surface area contributed by atoms with Crippen molar-refractivity contribution in [1.29, 1.82) is 0 Å². The predicted octanol–water partition coefficient (Wildman–Crippen LogP) is 3.28. The maximum atomic E-state index is 13.0. The van der Waals surface area contributed by atoms with Gasteiger partial charge in [0.2, 0.25) is 15.9 Å². The summed E-state index contributed by atoms with van der Waals surface area (Å²) in [6, 6.07) is 10.0. The number of hydrogen-bond donors (Lipinski definition) is 1. The minimum absolute atomic E-state index is 0.163. The highest BCUT2D eigenvalue weighted by molar-refractivity contribution is 7.89. The van der Waals surface area contributed by atoms with Gasteiger partial charge >= 0.3 is 0 Å². The smallest absolute Gasteiger partial charge is 0.271 e. The van der Waals surface area contributed by atoms with Gasteiger partial charge in [-0.05, 0) is 38.5 Å². The van der Waals surface area contributed by atoms with E-state index in [1.807, 2.05) is 11.8 Å². The van der Waals surface area contributed by atoms with Crippen molar-refractivity contribution < 1.29 is 18.1 Å². The van der Waals surface area contributed by atoms with E-state index in [-0.39, 0.29) is 33.7 Å². The molecule has 0 aromatic heterocycles. The van der Waals surface area contributed by atoms with Crippen LogP contribution in [0.15, 0.2) is 47.4 Å². The molecule has 2 aromatic rings. The highest BCUT2D eigenvalue weighted by atomic mass is 35.5. The average molecular weight is 481 g/mol. The first kappa shape index (κ1) is 24.1. The first-order valence-electron chi connectivity index (χ1n) is 10.2. The number of halogens is 1. The Balaban J connectivity index is 1.67. The molecule has 0 unspecified atom stereocenters. The number of non-ortho nitro benzene ring substituents is 1. The molecule has 1 amide bonds. The number of amides is 1. The van der Waals surface area contributed by atoms with Gasteiger partial charge in [0.05, 0.1) is 26.6 Å². The van der Waals surface area contributed by atoms with Crippen molar-refractivity contribution in [3.8, 4) is 0 Å². The number of rotatable bonds is 6. The van der Waals surface area contributed by atoms with Crippen LogP contribution in [-0.2, 0) is 14.8 Å². The monoisotopic (exact) mass is 480 g/mol. The molecule has 3 rings (SSSR count). The zero-order valence-electron chi connectivity index (χ0n) is 17.8. The highest BCUT2D eigenvalue weighted by Gasteiger charge is 2.30. The third kappa shape index (κ3) is 5.44. The van der Waals surface area contributed by atoms with Crippen LogP contribution in [0.25, 0.3) is 0 Å². The van der Waals surface area contributed by atoms with Crippen molar-refractivity contribution in [3.63, 3.8) is 0 Å². The van der Waals surface area contributed by atoms with Crippen LogP contribution in [0.5, 0.6) is 0 Å². The largest absolute Gasteiger partial charge is 0.323 e. The second kappa shape index (κ2) is 9.95. The minimum atomic E-state index is -3.61. The molecule has 9 nitrogen and oxygen atoms in total. The SMILES string of the molecule is Cc1ccc(S(=O)(=O)N2CCCN([C@H](C)C(=O)Nc3cc([N+](=O)[O-])ccc3Cl)CC2)cc1. The Morgan fingerprint density at radius 2 is 1.81 bits per heavy atom. The van der Waals surface area contributed by atoms with Crippen molar-refractivity contribution in [2.45, 2.75) is 31.2 Å². The summed E-state index contributed by atoms with van der Waals surface area (Å²) >= 11 is 6.07. The molecule has 1 N–H and O–H groups in total. The lowest BCUT2D eigenvalue weighted by Gasteiger charge is -2.27. The fourth-order valence-corrected chi connectivity index (χ4v) is 5.16. The lowest BCUT2D eigenvalue weighted by molar-refractivity contribution is -0.384. The molecule has 1 fully saturated rings. The molecule has 0 bridgehead atoms. The summed E-state index contributed by atoms with van der Waals surface area (Å²) in [5.41, 5.74) is 0.967. The van der Waals surface area contributed by atoms with Crippen LogP contribution >= 0.6 is 11.6 Å². The quantitative estimate of drug-likeness (QED) is 0.501. The highest BCUT2D eigenvalue weighted by Crippen LogP contribution is 2.27. The summed E-state index contributed by atoms with van der Waals surface area (Å²) in [6.45, 7) is 5.14. The fourth-order valence-electron chi connectivity index (χ4n) is 3.53. The summed E-state index contributed by atoms with van der Waals surface area (Å²) < 4.78 is 27.4. The summed E-state index contributed by atoms with van der Waals surface area (Å²) in [6.07, 6.45) is 0.570. The Bertz CT molecular complexity index is 1110. The molecule has 1 heterocycles. The number of aryl methyl sites for hydroxylation is 1. The summed E-state index contributed by atoms with van der Waals surface area (Å²) in [4.78, 5) is 25.3. The number of benzene rings is 2. The van der Waals surface area contributed by atoms with Crippen LogP contribution < -0.4 is 5.32 Å². The Hall–Kier alpha value is -2.53. The molecule has 0 aliphatic carbocycles. The van der Waals surface area contributed by atoms with Crippen molar-refractivity contribution in [2.75, 3.05) is 31.5 Å². The molecule has 1 saturated heterocycles. The molecule has 1 aliphatic rings. The van der Waals surface area contributed by atoms with Crippen molar-refractivity contribution in [1.82, 2.24) is 9.21 Å². The molecule has 0 radical (unpaired) electrons. The first-order valence-corrected chi connectivity index (χ1v) is 12.0. The number of carbonyl (C=O) groups excluding carboxylic acids is 1. The molecule has 0 spiro atoms. The number of carbonyl (C=O) groups is 1. The standard InChI is InChI=1S/C21H25ClN4O5S/c1-15-4-7-18(8-5-15)32(30,31)25-11-3-10-24(12-13-25)16(2)21(27)23-20-14-17(26(28)29)6-9-19(20)22/h4-9,14,16H,3,10-13H2,1-2H3,(H,23,27)/t16-/m1/s1. The second-order valence-electron chi connectivity index (χ2n) is 7.69. The van der Waals surface area contributed by atoms with E-state index in [0.717, 1.165) is 5.56 Å². The van der Waals surface area contributed by atoms with E-state index < -0.39 is 21.0 Å². The third-order valence-electron chi connectivity index (χ3n) is 5.49. The molecule has 11 heteroatoms. The maximum absolute atomic E-state index is 13.0. The van der Waals surface area contributed by atoms with E-state index in [0.29, 0.717) is 26.1 Å². The van der Waals surface area contributed by atoms with Gasteiger partial charge in [-0.25, -0.2) is 8.42 Å². The van der Waals surface area contributed by atoms with Gasteiger partial charge in [-0.3, -0.25) is 19.8 Å². The van der Waals surface area contributed by atoms with Gasteiger partial charge < -0.3 is 5.32 Å². The summed E-state index contributed by atoms with van der Waals surface area (Å²) in [7, 11) is -3.61. The number of nitro groups is 1. The summed E-state index contributed by atoms with van der Waals surface area (Å²) in [5.74, 6) is -0.373. The van der Waals surface area contributed by atoms with Gasteiger partial charge in [0, 0.05) is 38.3 Å². The van der Waals surface area contributed by atoms with Crippen LogP contribution in [-0.4, -0.2) is 60.7 Å². The topological polar surface area (TPSA) is 113 Å². The molecule has 1 atom stereocenters.